The van der Waals surface area contributed by atoms with E-state index in [1.165, 1.54) is 10.3 Å². The lowest BCUT2D eigenvalue weighted by Crippen LogP contribution is -2.58. The van der Waals surface area contributed by atoms with Gasteiger partial charge in [0.2, 0.25) is 5.91 Å². The molecule has 1 aliphatic carbocycles. The Hall–Kier alpha value is -1.46. The van der Waals surface area contributed by atoms with E-state index in [9.17, 15) is 4.79 Å². The van der Waals surface area contributed by atoms with Gasteiger partial charge in [0.1, 0.15) is 0 Å². The largest absolute Gasteiger partial charge is 0.354 e. The van der Waals surface area contributed by atoms with Gasteiger partial charge in [-0.2, -0.15) is 0 Å². The molecule has 124 valence electrons. The Kier molecular flexibility index (Phi) is 4.69. The third-order valence-electron chi connectivity index (χ3n) is 4.67. The molecule has 3 rings (SSSR count). The Morgan fingerprint density at radius 3 is 2.87 bits per heavy atom. The van der Waals surface area contributed by atoms with Gasteiger partial charge in [0.15, 0.2) is 0 Å². The fourth-order valence-corrected chi connectivity index (χ4v) is 3.91. The van der Waals surface area contributed by atoms with Crippen LogP contribution in [0.25, 0.3) is 10.2 Å². The van der Waals surface area contributed by atoms with Crippen LogP contribution in [-0.4, -0.2) is 23.0 Å². The highest BCUT2D eigenvalue weighted by Gasteiger charge is 2.39. The Bertz CT molecular complexity index is 703. The first-order valence-electron chi connectivity index (χ1n) is 8.44. The highest BCUT2D eigenvalue weighted by molar-refractivity contribution is 7.18. The van der Waals surface area contributed by atoms with Gasteiger partial charge in [-0.1, -0.05) is 19.9 Å². The topological polar surface area (TPSA) is 68.0 Å². The minimum Gasteiger partial charge on any atom is -0.354 e. The van der Waals surface area contributed by atoms with Crippen LogP contribution in [0.4, 0.5) is 0 Å². The Morgan fingerprint density at radius 2 is 2.22 bits per heavy atom. The number of rotatable bonds is 6. The molecule has 1 aromatic carbocycles. The summed E-state index contributed by atoms with van der Waals surface area (Å²) in [6, 6.07) is 6.52. The number of aryl methyl sites for hydroxylation is 1. The summed E-state index contributed by atoms with van der Waals surface area (Å²) in [4.78, 5) is 16.6. The van der Waals surface area contributed by atoms with Gasteiger partial charge in [0.05, 0.1) is 20.8 Å². The molecule has 23 heavy (non-hydrogen) atoms. The number of carbonyl (C=O) groups is 1. The van der Waals surface area contributed by atoms with Crippen LogP contribution >= 0.6 is 11.3 Å². The number of nitrogens with one attached hydrogen (secondary N) is 1. The maximum absolute atomic E-state index is 12.0. The van der Waals surface area contributed by atoms with E-state index in [1.54, 1.807) is 11.3 Å². The first-order valence-corrected chi connectivity index (χ1v) is 9.26. The van der Waals surface area contributed by atoms with Crippen LogP contribution in [0.1, 0.15) is 56.0 Å². The maximum atomic E-state index is 12.0. The van der Waals surface area contributed by atoms with Gasteiger partial charge in [-0.15, -0.1) is 11.3 Å². The summed E-state index contributed by atoms with van der Waals surface area (Å²) < 4.78 is 1.26. The molecule has 0 radical (unpaired) electrons. The van der Waals surface area contributed by atoms with E-state index in [1.807, 2.05) is 0 Å². The van der Waals surface area contributed by atoms with Gasteiger partial charge in [0, 0.05) is 13.0 Å². The van der Waals surface area contributed by atoms with Crippen molar-refractivity contribution in [3.63, 3.8) is 0 Å². The van der Waals surface area contributed by atoms with Crippen LogP contribution in [0.3, 0.4) is 0 Å². The summed E-state index contributed by atoms with van der Waals surface area (Å²) in [6.45, 7) is 5.08. The highest BCUT2D eigenvalue weighted by Crippen LogP contribution is 2.29. The van der Waals surface area contributed by atoms with Crippen LogP contribution < -0.4 is 11.1 Å². The van der Waals surface area contributed by atoms with Crippen molar-refractivity contribution in [2.45, 2.75) is 57.4 Å². The molecule has 1 aromatic heterocycles. The normalized spacial score (nSPS) is 16.5. The van der Waals surface area contributed by atoms with E-state index in [4.69, 9.17) is 5.73 Å². The molecule has 0 saturated heterocycles. The molecule has 2 aromatic rings. The van der Waals surface area contributed by atoms with Gasteiger partial charge in [-0.05, 0) is 49.3 Å². The first kappa shape index (κ1) is 16.4. The van der Waals surface area contributed by atoms with Crippen molar-refractivity contribution in [1.82, 2.24) is 10.3 Å². The average Bonchev–Trinajstić information content (AvgIpc) is 2.90. The molecule has 5 heteroatoms. The smallest absolute Gasteiger partial charge is 0.240 e. The molecule has 0 unspecified atom stereocenters. The van der Waals surface area contributed by atoms with Crippen LogP contribution in [0, 0.1) is 0 Å². The summed E-state index contributed by atoms with van der Waals surface area (Å²) in [5.74, 6) is 0.546. The molecule has 0 atom stereocenters. The second kappa shape index (κ2) is 6.57. The second-order valence-corrected chi connectivity index (χ2v) is 7.97. The standard InChI is InChI=1S/C18H25N3OS/c1-12(2)13-6-7-14-15(11-13)23-16(21-14)5-3-10-20-17(22)18(19)8-4-9-18/h6-7,11-12H,3-5,8-10,19H2,1-2H3,(H,20,22). The monoisotopic (exact) mass is 331 g/mol. The van der Waals surface area contributed by atoms with Gasteiger partial charge < -0.3 is 11.1 Å². The van der Waals surface area contributed by atoms with Crippen molar-refractivity contribution >= 4 is 27.5 Å². The third-order valence-corrected chi connectivity index (χ3v) is 5.75. The number of nitrogens with two attached hydrogens (primary N) is 1. The lowest BCUT2D eigenvalue weighted by atomic mass is 9.77. The minimum atomic E-state index is -0.594. The molecule has 1 aliphatic rings. The SMILES string of the molecule is CC(C)c1ccc2nc(CCCNC(=O)C3(N)CCC3)sc2c1. The van der Waals surface area contributed by atoms with Crippen LogP contribution in [0.5, 0.6) is 0 Å². The highest BCUT2D eigenvalue weighted by atomic mass is 32.1. The number of nitrogens with zero attached hydrogens (tertiary/aromatic N) is 1. The van der Waals surface area contributed by atoms with Gasteiger partial charge in [0.25, 0.3) is 0 Å². The molecule has 1 fully saturated rings. The molecule has 0 aliphatic heterocycles. The average molecular weight is 331 g/mol. The van der Waals surface area contributed by atoms with Crippen molar-refractivity contribution in [2.24, 2.45) is 5.73 Å². The van der Waals surface area contributed by atoms with Crippen molar-refractivity contribution in [3.8, 4) is 0 Å². The second-order valence-electron chi connectivity index (χ2n) is 6.86. The Balaban J connectivity index is 1.52. The van der Waals surface area contributed by atoms with E-state index in [0.29, 0.717) is 12.5 Å². The van der Waals surface area contributed by atoms with Crippen LogP contribution in [0.15, 0.2) is 18.2 Å². The number of aromatic nitrogens is 1. The molecule has 1 saturated carbocycles. The van der Waals surface area contributed by atoms with E-state index in [2.05, 4.69) is 42.3 Å². The third kappa shape index (κ3) is 3.56. The lowest BCUT2D eigenvalue weighted by Gasteiger charge is -2.36. The van der Waals surface area contributed by atoms with Gasteiger partial charge in [-0.25, -0.2) is 4.98 Å². The summed E-state index contributed by atoms with van der Waals surface area (Å²) in [7, 11) is 0. The van der Waals surface area contributed by atoms with E-state index < -0.39 is 5.54 Å². The number of hydrogen-bond donors (Lipinski definition) is 2. The van der Waals surface area contributed by atoms with Crippen LogP contribution in [-0.2, 0) is 11.2 Å². The van der Waals surface area contributed by atoms with Crippen molar-refractivity contribution in [1.29, 1.82) is 0 Å². The zero-order valence-electron chi connectivity index (χ0n) is 13.9. The number of hydrogen-bond acceptors (Lipinski definition) is 4. The zero-order chi connectivity index (χ0) is 16.4. The molecule has 0 bridgehead atoms. The molecule has 1 amide bonds. The van der Waals surface area contributed by atoms with Crippen molar-refractivity contribution in [2.75, 3.05) is 6.54 Å². The van der Waals surface area contributed by atoms with Crippen molar-refractivity contribution in [3.05, 3.63) is 28.8 Å². The summed E-state index contributed by atoms with van der Waals surface area (Å²) >= 11 is 1.76. The first-order chi connectivity index (χ1) is 11.0. The molecular weight excluding hydrogens is 306 g/mol. The predicted octanol–water partition coefficient (Wildman–Crippen LogP) is 3.35. The van der Waals surface area contributed by atoms with E-state index in [0.717, 1.165) is 42.6 Å². The van der Waals surface area contributed by atoms with Gasteiger partial charge >= 0.3 is 0 Å². The van der Waals surface area contributed by atoms with Crippen molar-refractivity contribution < 1.29 is 4.79 Å². The minimum absolute atomic E-state index is 0.00891. The zero-order valence-corrected chi connectivity index (χ0v) is 14.7. The quantitative estimate of drug-likeness (QED) is 0.798. The lowest BCUT2D eigenvalue weighted by molar-refractivity contribution is -0.129. The molecule has 0 spiro atoms. The fourth-order valence-electron chi connectivity index (χ4n) is 2.86. The van der Waals surface area contributed by atoms with E-state index in [-0.39, 0.29) is 5.91 Å². The molecule has 4 nitrogen and oxygen atoms in total. The fraction of sp³-hybridized carbons (Fsp3) is 0.556. The summed E-state index contributed by atoms with van der Waals surface area (Å²) in [5, 5.41) is 4.11. The number of benzene rings is 1. The van der Waals surface area contributed by atoms with Gasteiger partial charge in [-0.3, -0.25) is 4.79 Å². The number of amides is 1. The predicted molar refractivity (Wildman–Crippen MR) is 95.8 cm³/mol. The molecular formula is C18H25N3OS. The number of fused-ring (bicyclic) bond motifs is 1. The molecule has 3 N–H and O–H groups in total. The number of thiazole rings is 1. The van der Waals surface area contributed by atoms with E-state index >= 15 is 0 Å². The van der Waals surface area contributed by atoms with Crippen LogP contribution in [0.2, 0.25) is 0 Å². The molecule has 1 heterocycles. The maximum Gasteiger partial charge on any atom is 0.240 e. The Morgan fingerprint density at radius 1 is 1.43 bits per heavy atom. The summed E-state index contributed by atoms with van der Waals surface area (Å²) in [5.41, 5.74) is 7.85. The number of carbonyl (C=O) groups excluding carboxylic acids is 1. The summed E-state index contributed by atoms with van der Waals surface area (Å²) in [6.07, 6.45) is 4.49. The Labute approximate surface area is 141 Å².